The largest absolute Gasteiger partial charge is 0.340 e. The molecule has 2 N–H and O–H groups in total. The smallest absolute Gasteiger partial charge is 0.206 e. The summed E-state index contributed by atoms with van der Waals surface area (Å²) in [6.45, 7) is 3.00. The summed E-state index contributed by atoms with van der Waals surface area (Å²) in [5.74, 6) is -1.38. The molecule has 0 unspecified atom stereocenters. The number of halogens is 3. The minimum absolute atomic E-state index is 0.288. The van der Waals surface area contributed by atoms with Gasteiger partial charge in [-0.3, -0.25) is 4.98 Å². The first-order valence-electron chi connectivity index (χ1n) is 8.84. The van der Waals surface area contributed by atoms with Crippen molar-refractivity contribution >= 4 is 17.0 Å². The lowest BCUT2D eigenvalue weighted by Gasteiger charge is -2.34. The van der Waals surface area contributed by atoms with Gasteiger partial charge in [-0.1, -0.05) is 6.07 Å². The second-order valence-corrected chi connectivity index (χ2v) is 6.99. The first-order valence-corrected chi connectivity index (χ1v) is 8.84. The van der Waals surface area contributed by atoms with Gasteiger partial charge in [0.15, 0.2) is 11.6 Å². The van der Waals surface area contributed by atoms with E-state index in [0.717, 1.165) is 23.4 Å². The number of nitrogens with zero attached hydrogens (tertiary/aromatic N) is 4. The quantitative estimate of drug-likeness (QED) is 0.765. The first kappa shape index (κ1) is 17.8. The van der Waals surface area contributed by atoms with Gasteiger partial charge in [0.25, 0.3) is 0 Å². The Hall–Kier alpha value is -2.61. The molecular weight excluding hydrogens is 355 g/mol. The van der Waals surface area contributed by atoms with Crippen LogP contribution in [-0.4, -0.2) is 39.8 Å². The standard InChI is InChI=1S/C19H20F3N5/c1-11-2-3-12(24-8-11)9-27-18-7-15(22)14(21)6-17(18)25-19(27)26-5-4-13(20)16(23)10-26/h2-3,6-8,13,16H,4-5,9-10,23H2,1H3/t13-,16-/m1/s1. The maximum atomic E-state index is 13.9. The lowest BCUT2D eigenvalue weighted by molar-refractivity contribution is 0.243. The van der Waals surface area contributed by atoms with Gasteiger partial charge in [-0.25, -0.2) is 18.2 Å². The number of imidazole rings is 1. The molecule has 1 aliphatic rings. The van der Waals surface area contributed by atoms with Crippen molar-refractivity contribution in [1.29, 1.82) is 0 Å². The van der Waals surface area contributed by atoms with Gasteiger partial charge >= 0.3 is 0 Å². The lowest BCUT2D eigenvalue weighted by atomic mass is 10.1. The fourth-order valence-corrected chi connectivity index (χ4v) is 3.39. The van der Waals surface area contributed by atoms with Gasteiger partial charge in [0.1, 0.15) is 6.17 Å². The molecule has 2 aromatic heterocycles. The van der Waals surface area contributed by atoms with Crippen LogP contribution in [0, 0.1) is 18.6 Å². The van der Waals surface area contributed by atoms with Gasteiger partial charge in [-0.15, -0.1) is 0 Å². The Kier molecular flexibility index (Phi) is 4.51. The van der Waals surface area contributed by atoms with Crippen LogP contribution in [0.1, 0.15) is 17.7 Å². The van der Waals surface area contributed by atoms with E-state index >= 15 is 0 Å². The number of fused-ring (bicyclic) bond motifs is 1. The molecule has 1 aromatic carbocycles. The van der Waals surface area contributed by atoms with Crippen molar-refractivity contribution in [2.45, 2.75) is 32.1 Å². The molecule has 27 heavy (non-hydrogen) atoms. The Morgan fingerprint density at radius 2 is 2.00 bits per heavy atom. The minimum Gasteiger partial charge on any atom is -0.340 e. The zero-order valence-electron chi connectivity index (χ0n) is 14.9. The molecule has 0 amide bonds. The van der Waals surface area contributed by atoms with Crippen molar-refractivity contribution in [3.63, 3.8) is 0 Å². The van der Waals surface area contributed by atoms with E-state index in [1.54, 1.807) is 10.8 Å². The van der Waals surface area contributed by atoms with Crippen molar-refractivity contribution < 1.29 is 13.2 Å². The fraction of sp³-hybridized carbons (Fsp3) is 0.368. The minimum atomic E-state index is -1.06. The van der Waals surface area contributed by atoms with Crippen LogP contribution in [0.3, 0.4) is 0 Å². The van der Waals surface area contributed by atoms with Crippen LogP contribution < -0.4 is 10.6 Å². The van der Waals surface area contributed by atoms with Gasteiger partial charge in [-0.05, 0) is 25.0 Å². The van der Waals surface area contributed by atoms with Crippen LogP contribution in [0.5, 0.6) is 0 Å². The third-order valence-electron chi connectivity index (χ3n) is 4.92. The van der Waals surface area contributed by atoms with E-state index in [9.17, 15) is 13.2 Å². The predicted octanol–water partition coefficient (Wildman–Crippen LogP) is 2.94. The summed E-state index contributed by atoms with van der Waals surface area (Å²) in [4.78, 5) is 10.7. The van der Waals surface area contributed by atoms with Gasteiger partial charge in [0, 0.05) is 31.4 Å². The summed E-state index contributed by atoms with van der Waals surface area (Å²) in [6, 6.07) is 5.40. The van der Waals surface area contributed by atoms with Crippen LogP contribution in [-0.2, 0) is 6.54 Å². The average Bonchev–Trinajstić information content (AvgIpc) is 2.97. The number of aromatic nitrogens is 3. The van der Waals surface area contributed by atoms with E-state index in [1.807, 2.05) is 24.0 Å². The number of piperidine rings is 1. The molecular formula is C19H20F3N5. The first-order chi connectivity index (χ1) is 12.9. The van der Waals surface area contributed by atoms with Crippen molar-refractivity contribution in [2.24, 2.45) is 5.73 Å². The van der Waals surface area contributed by atoms with Crippen LogP contribution in [0.15, 0.2) is 30.5 Å². The van der Waals surface area contributed by atoms with Crippen LogP contribution in [0.2, 0.25) is 0 Å². The number of aryl methyl sites for hydroxylation is 1. The van der Waals surface area contributed by atoms with E-state index in [2.05, 4.69) is 9.97 Å². The summed E-state index contributed by atoms with van der Waals surface area (Å²) in [5, 5.41) is 0. The molecule has 142 valence electrons. The Morgan fingerprint density at radius 3 is 2.70 bits per heavy atom. The highest BCUT2D eigenvalue weighted by molar-refractivity contribution is 5.79. The highest BCUT2D eigenvalue weighted by Gasteiger charge is 2.29. The number of nitrogens with two attached hydrogens (primary N) is 1. The number of pyridine rings is 1. The van der Waals surface area contributed by atoms with Gasteiger partial charge in [0.2, 0.25) is 5.95 Å². The van der Waals surface area contributed by atoms with E-state index in [1.165, 1.54) is 0 Å². The fourth-order valence-electron chi connectivity index (χ4n) is 3.39. The molecule has 4 rings (SSSR count). The number of benzene rings is 1. The molecule has 2 atom stereocenters. The highest BCUT2D eigenvalue weighted by atomic mass is 19.2. The average molecular weight is 375 g/mol. The number of anilines is 1. The maximum absolute atomic E-state index is 13.9. The molecule has 0 saturated carbocycles. The van der Waals surface area contributed by atoms with Crippen molar-refractivity contribution in [1.82, 2.24) is 14.5 Å². The third kappa shape index (κ3) is 3.37. The summed E-state index contributed by atoms with van der Waals surface area (Å²) in [6.07, 6.45) is 0.974. The number of alkyl halides is 1. The van der Waals surface area contributed by atoms with Crippen molar-refractivity contribution in [3.8, 4) is 0 Å². The highest BCUT2D eigenvalue weighted by Crippen LogP contribution is 2.28. The van der Waals surface area contributed by atoms with E-state index < -0.39 is 23.8 Å². The van der Waals surface area contributed by atoms with Gasteiger partial charge in [-0.2, -0.15) is 0 Å². The van der Waals surface area contributed by atoms with Crippen molar-refractivity contribution in [3.05, 3.63) is 53.4 Å². The second kappa shape index (κ2) is 6.84. The van der Waals surface area contributed by atoms with E-state index in [0.29, 0.717) is 30.1 Å². The molecule has 0 spiro atoms. The van der Waals surface area contributed by atoms with Gasteiger partial charge < -0.3 is 15.2 Å². The van der Waals surface area contributed by atoms with Crippen LogP contribution in [0.4, 0.5) is 19.1 Å². The summed E-state index contributed by atoms with van der Waals surface area (Å²) in [5.41, 5.74) is 8.47. The Morgan fingerprint density at radius 1 is 1.22 bits per heavy atom. The number of hydrogen-bond donors (Lipinski definition) is 1. The molecule has 0 aliphatic carbocycles. The number of rotatable bonds is 3. The Labute approximate surface area is 154 Å². The summed E-state index contributed by atoms with van der Waals surface area (Å²) in [7, 11) is 0. The lowest BCUT2D eigenvalue weighted by Crippen LogP contribution is -2.50. The van der Waals surface area contributed by atoms with Gasteiger partial charge in [0.05, 0.1) is 29.3 Å². The predicted molar refractivity (Wildman–Crippen MR) is 97.4 cm³/mol. The van der Waals surface area contributed by atoms with E-state index in [-0.39, 0.29) is 13.0 Å². The Balaban J connectivity index is 1.80. The topological polar surface area (TPSA) is 60.0 Å². The molecule has 8 heteroatoms. The second-order valence-electron chi connectivity index (χ2n) is 6.99. The Bertz CT molecular complexity index is 970. The van der Waals surface area contributed by atoms with Crippen LogP contribution in [0.25, 0.3) is 11.0 Å². The molecule has 1 saturated heterocycles. The molecule has 0 radical (unpaired) electrons. The molecule has 3 heterocycles. The zero-order chi connectivity index (χ0) is 19.1. The van der Waals surface area contributed by atoms with Crippen molar-refractivity contribution in [2.75, 3.05) is 18.0 Å². The summed E-state index contributed by atoms with van der Waals surface area (Å²) < 4.78 is 43.1. The zero-order valence-corrected chi connectivity index (χ0v) is 14.9. The SMILES string of the molecule is Cc1ccc(Cn2c(N3CC[C@@H](F)[C@H](N)C3)nc3cc(F)c(F)cc32)nc1. The number of hydrogen-bond acceptors (Lipinski definition) is 4. The third-order valence-corrected chi connectivity index (χ3v) is 4.92. The van der Waals surface area contributed by atoms with E-state index in [4.69, 9.17) is 5.73 Å². The normalized spacial score (nSPS) is 20.4. The molecule has 3 aromatic rings. The summed E-state index contributed by atoms with van der Waals surface area (Å²) >= 11 is 0. The molecule has 1 aliphatic heterocycles. The van der Waals surface area contributed by atoms with Crippen LogP contribution >= 0.6 is 0 Å². The maximum Gasteiger partial charge on any atom is 0.206 e. The molecule has 1 fully saturated rings. The molecule has 5 nitrogen and oxygen atoms in total. The monoisotopic (exact) mass is 375 g/mol. The molecule has 0 bridgehead atoms.